The van der Waals surface area contributed by atoms with Crippen LogP contribution in [-0.4, -0.2) is 17.7 Å². The van der Waals surface area contributed by atoms with Gasteiger partial charge in [-0.1, -0.05) is 47.5 Å². The van der Waals surface area contributed by atoms with Crippen LogP contribution in [0.4, 0.5) is 0 Å². The minimum atomic E-state index is -0.734. The van der Waals surface area contributed by atoms with E-state index in [1.807, 2.05) is 18.2 Å². The first-order valence-corrected chi connectivity index (χ1v) is 8.86. The number of halogens is 2. The monoisotopic (exact) mass is 376 g/mol. The molecule has 0 unspecified atom stereocenters. The van der Waals surface area contributed by atoms with Crippen LogP contribution in [0.1, 0.15) is 30.9 Å². The van der Waals surface area contributed by atoms with Gasteiger partial charge in [0.05, 0.1) is 10.7 Å². The number of nitrogens with one attached hydrogen (secondary N) is 1. The first kappa shape index (κ1) is 17.8. The highest BCUT2D eigenvalue weighted by atomic mass is 35.5. The summed E-state index contributed by atoms with van der Waals surface area (Å²) in [7, 11) is 0. The van der Waals surface area contributed by atoms with Crippen LogP contribution < -0.4 is 10.2 Å². The molecule has 1 N–H and O–H groups in total. The molecule has 2 aromatic carbocycles. The van der Waals surface area contributed by atoms with Gasteiger partial charge in [-0.2, -0.15) is 5.10 Å². The zero-order valence-corrected chi connectivity index (χ0v) is 15.3. The molecule has 130 valence electrons. The maximum Gasteiger partial charge on any atom is 0.280 e. The Balaban J connectivity index is 1.66. The van der Waals surface area contributed by atoms with Crippen molar-refractivity contribution >= 4 is 34.8 Å². The van der Waals surface area contributed by atoms with Crippen molar-refractivity contribution in [3.63, 3.8) is 0 Å². The molecule has 0 radical (unpaired) electrons. The number of aryl methyl sites for hydroxylation is 1. The number of hydrogen-bond donors (Lipinski definition) is 1. The molecule has 2 aromatic rings. The lowest BCUT2D eigenvalue weighted by Crippen LogP contribution is -2.34. The molecule has 0 saturated carbocycles. The highest BCUT2D eigenvalue weighted by molar-refractivity contribution is 6.35. The van der Waals surface area contributed by atoms with Crippen LogP contribution in [0.5, 0.6) is 5.75 Å². The lowest BCUT2D eigenvalue weighted by Gasteiger charge is -2.18. The topological polar surface area (TPSA) is 50.7 Å². The van der Waals surface area contributed by atoms with Crippen molar-refractivity contribution in [1.29, 1.82) is 0 Å². The fraction of sp³-hybridized carbons (Fsp3) is 0.263. The first-order chi connectivity index (χ1) is 12.0. The van der Waals surface area contributed by atoms with Crippen molar-refractivity contribution in [2.24, 2.45) is 5.10 Å². The number of carbonyl (C=O) groups excluding carboxylic acids is 1. The van der Waals surface area contributed by atoms with Crippen LogP contribution in [0.2, 0.25) is 10.0 Å². The van der Waals surface area contributed by atoms with E-state index in [0.29, 0.717) is 15.8 Å². The lowest BCUT2D eigenvalue weighted by atomic mass is 9.90. The fourth-order valence-electron chi connectivity index (χ4n) is 2.75. The molecule has 1 aliphatic rings. The smallest absolute Gasteiger partial charge is 0.280 e. The number of carbonyl (C=O) groups is 1. The Hall–Kier alpha value is -2.04. The molecule has 0 bridgehead atoms. The summed E-state index contributed by atoms with van der Waals surface area (Å²) in [6, 6.07) is 13.0. The van der Waals surface area contributed by atoms with E-state index < -0.39 is 6.10 Å². The zero-order chi connectivity index (χ0) is 17.8. The summed E-state index contributed by atoms with van der Waals surface area (Å²) >= 11 is 11.9. The maximum absolute atomic E-state index is 12.3. The van der Waals surface area contributed by atoms with Gasteiger partial charge in [0, 0.05) is 10.6 Å². The molecular weight excluding hydrogens is 359 g/mol. The molecule has 25 heavy (non-hydrogen) atoms. The van der Waals surface area contributed by atoms with Crippen LogP contribution in [0, 0.1) is 0 Å². The van der Waals surface area contributed by atoms with E-state index in [0.717, 1.165) is 30.5 Å². The highest BCUT2D eigenvalue weighted by Crippen LogP contribution is 2.28. The average Bonchev–Trinajstić information content (AvgIpc) is 2.61. The minimum Gasteiger partial charge on any atom is -0.479 e. The number of benzene rings is 2. The van der Waals surface area contributed by atoms with E-state index in [4.69, 9.17) is 27.9 Å². The third-order valence-electron chi connectivity index (χ3n) is 4.06. The molecule has 6 heteroatoms. The van der Waals surface area contributed by atoms with Crippen molar-refractivity contribution in [2.75, 3.05) is 0 Å². The van der Waals surface area contributed by atoms with Crippen LogP contribution in [0.3, 0.4) is 0 Å². The molecule has 0 aliphatic heterocycles. The van der Waals surface area contributed by atoms with Gasteiger partial charge in [-0.05, 0) is 49.9 Å². The molecule has 0 saturated heterocycles. The summed E-state index contributed by atoms with van der Waals surface area (Å²) in [6.45, 7) is 1.65. The Bertz CT molecular complexity index is 821. The van der Waals surface area contributed by atoms with Crippen LogP contribution in [-0.2, 0) is 11.2 Å². The van der Waals surface area contributed by atoms with Crippen LogP contribution in [0.15, 0.2) is 47.6 Å². The van der Waals surface area contributed by atoms with Crippen molar-refractivity contribution < 1.29 is 9.53 Å². The molecule has 4 nitrogen and oxygen atoms in total. The molecule has 0 heterocycles. The Morgan fingerprint density at radius 2 is 2.00 bits per heavy atom. The largest absolute Gasteiger partial charge is 0.479 e. The van der Waals surface area contributed by atoms with Gasteiger partial charge in [0.2, 0.25) is 0 Å². The standard InChI is InChI=1S/C19H18Cl2N2O2/c1-12(25-18-10-9-14(20)11-16(18)21)19(24)23-22-17-8-4-6-13-5-2-3-7-15(13)17/h2-3,5,7,9-12H,4,6,8H2,1H3,(H,23,24)/b22-17-/t12-/m1/s1. The molecule has 1 amide bonds. The van der Waals surface area contributed by atoms with Gasteiger partial charge in [-0.3, -0.25) is 4.79 Å². The van der Waals surface area contributed by atoms with Gasteiger partial charge in [0.25, 0.3) is 5.91 Å². The number of fused-ring (bicyclic) bond motifs is 1. The third kappa shape index (κ3) is 4.33. The highest BCUT2D eigenvalue weighted by Gasteiger charge is 2.18. The lowest BCUT2D eigenvalue weighted by molar-refractivity contribution is -0.127. The SMILES string of the molecule is C[C@@H](Oc1ccc(Cl)cc1Cl)C(=O)N/N=C1/CCCc2ccccc21. The predicted molar refractivity (Wildman–Crippen MR) is 101 cm³/mol. The number of hydrazone groups is 1. The quantitative estimate of drug-likeness (QED) is 0.791. The summed E-state index contributed by atoms with van der Waals surface area (Å²) in [4.78, 5) is 12.3. The number of amides is 1. The third-order valence-corrected chi connectivity index (χ3v) is 4.59. The summed E-state index contributed by atoms with van der Waals surface area (Å²) < 4.78 is 5.60. The van der Waals surface area contributed by atoms with Crippen molar-refractivity contribution in [3.8, 4) is 5.75 Å². The second-order valence-electron chi connectivity index (χ2n) is 5.88. The van der Waals surface area contributed by atoms with E-state index in [9.17, 15) is 4.79 Å². The number of hydrogen-bond acceptors (Lipinski definition) is 3. The Kier molecular flexibility index (Phi) is 5.61. The Labute approximate surface area is 156 Å². The normalized spacial score (nSPS) is 16.2. The zero-order valence-electron chi connectivity index (χ0n) is 13.8. The molecule has 0 fully saturated rings. The molecule has 1 aliphatic carbocycles. The second kappa shape index (κ2) is 7.89. The van der Waals surface area contributed by atoms with Gasteiger partial charge in [-0.15, -0.1) is 0 Å². The van der Waals surface area contributed by atoms with E-state index in [-0.39, 0.29) is 5.91 Å². The summed E-state index contributed by atoms with van der Waals surface area (Å²) in [5, 5.41) is 5.18. The average molecular weight is 377 g/mol. The first-order valence-electron chi connectivity index (χ1n) is 8.11. The van der Waals surface area contributed by atoms with Crippen molar-refractivity contribution in [2.45, 2.75) is 32.3 Å². The van der Waals surface area contributed by atoms with E-state index in [1.54, 1.807) is 25.1 Å². The summed E-state index contributed by atoms with van der Waals surface area (Å²) in [6.07, 6.45) is 2.17. The summed E-state index contributed by atoms with van der Waals surface area (Å²) in [5.74, 6) is 0.0750. The van der Waals surface area contributed by atoms with Gasteiger partial charge in [-0.25, -0.2) is 5.43 Å². The maximum atomic E-state index is 12.3. The molecular formula is C19H18Cl2N2O2. The Morgan fingerprint density at radius 3 is 2.80 bits per heavy atom. The summed E-state index contributed by atoms with van der Waals surface area (Å²) in [5.41, 5.74) is 5.86. The number of nitrogens with zero attached hydrogens (tertiary/aromatic N) is 1. The Morgan fingerprint density at radius 1 is 1.20 bits per heavy atom. The second-order valence-corrected chi connectivity index (χ2v) is 6.72. The number of ether oxygens (including phenoxy) is 1. The van der Waals surface area contributed by atoms with E-state index >= 15 is 0 Å². The molecule has 0 spiro atoms. The van der Waals surface area contributed by atoms with Gasteiger partial charge in [0.1, 0.15) is 5.75 Å². The van der Waals surface area contributed by atoms with Crippen LogP contribution in [0.25, 0.3) is 0 Å². The molecule has 3 rings (SSSR count). The van der Waals surface area contributed by atoms with E-state index in [2.05, 4.69) is 16.6 Å². The number of rotatable bonds is 4. The van der Waals surface area contributed by atoms with Crippen molar-refractivity contribution in [3.05, 3.63) is 63.6 Å². The molecule has 0 aromatic heterocycles. The minimum absolute atomic E-state index is 0.332. The van der Waals surface area contributed by atoms with Gasteiger partial charge < -0.3 is 4.74 Å². The van der Waals surface area contributed by atoms with Gasteiger partial charge in [0.15, 0.2) is 6.10 Å². The molecule has 1 atom stereocenters. The van der Waals surface area contributed by atoms with Crippen LogP contribution >= 0.6 is 23.2 Å². The van der Waals surface area contributed by atoms with Crippen molar-refractivity contribution in [1.82, 2.24) is 5.43 Å². The van der Waals surface area contributed by atoms with E-state index in [1.165, 1.54) is 5.56 Å². The fourth-order valence-corrected chi connectivity index (χ4v) is 3.20. The van der Waals surface area contributed by atoms with Gasteiger partial charge >= 0.3 is 0 Å². The predicted octanol–water partition coefficient (Wildman–Crippen LogP) is 4.62.